The molecule has 6 heteroatoms. The molecule has 0 fully saturated rings. The van der Waals surface area contributed by atoms with Crippen molar-refractivity contribution in [2.75, 3.05) is 6.54 Å². The molecule has 0 saturated carbocycles. The number of carbonyl (C=O) groups is 1. The molecule has 0 saturated heterocycles. The first kappa shape index (κ1) is 15.4. The summed E-state index contributed by atoms with van der Waals surface area (Å²) in [6.07, 6.45) is 0.661. The molecule has 0 aliphatic rings. The van der Waals surface area contributed by atoms with Gasteiger partial charge < -0.3 is 10.3 Å². The summed E-state index contributed by atoms with van der Waals surface area (Å²) in [5, 5.41) is 3.36. The van der Waals surface area contributed by atoms with E-state index in [0.29, 0.717) is 30.1 Å². The number of imidazole rings is 1. The van der Waals surface area contributed by atoms with Crippen molar-refractivity contribution in [1.29, 1.82) is 0 Å². The fourth-order valence-corrected chi connectivity index (χ4v) is 2.69. The maximum absolute atomic E-state index is 12.0. The Bertz CT molecular complexity index is 898. The molecular weight excluding hydrogens is 314 g/mol. The van der Waals surface area contributed by atoms with Crippen LogP contribution in [-0.2, 0) is 6.54 Å². The SMILES string of the molecule is O=C(NCCCn1c(=O)[nH]c2ccccc21)c1cccc(Cl)c1. The zero-order valence-electron chi connectivity index (χ0n) is 12.4. The number of H-pyrrole nitrogens is 1. The fraction of sp³-hybridized carbons (Fsp3) is 0.176. The van der Waals surface area contributed by atoms with Crippen molar-refractivity contribution in [1.82, 2.24) is 14.9 Å². The Labute approximate surface area is 137 Å². The minimum absolute atomic E-state index is 0.132. The number of amides is 1. The normalized spacial score (nSPS) is 10.8. The maximum Gasteiger partial charge on any atom is 0.326 e. The summed E-state index contributed by atoms with van der Waals surface area (Å²) in [5.74, 6) is -0.168. The van der Waals surface area contributed by atoms with E-state index in [2.05, 4.69) is 10.3 Å². The minimum atomic E-state index is -0.168. The number of fused-ring (bicyclic) bond motifs is 1. The third-order valence-corrected chi connectivity index (χ3v) is 3.85. The van der Waals surface area contributed by atoms with Crippen LogP contribution in [0.1, 0.15) is 16.8 Å². The molecule has 0 unspecified atom stereocenters. The molecule has 118 valence electrons. The summed E-state index contributed by atoms with van der Waals surface area (Å²) in [4.78, 5) is 26.7. The monoisotopic (exact) mass is 329 g/mol. The number of halogens is 1. The number of aryl methyl sites for hydroxylation is 1. The molecule has 0 bridgehead atoms. The standard InChI is InChI=1S/C17H16ClN3O2/c18-13-6-3-5-12(11-13)16(22)19-9-4-10-21-15-8-2-1-7-14(15)20-17(21)23/h1-3,5-8,11H,4,9-10H2,(H,19,22)(H,20,23). The summed E-state index contributed by atoms with van der Waals surface area (Å²) in [5.41, 5.74) is 2.09. The van der Waals surface area contributed by atoms with E-state index in [1.165, 1.54) is 0 Å². The van der Waals surface area contributed by atoms with Crippen LogP contribution in [0.4, 0.5) is 0 Å². The topological polar surface area (TPSA) is 66.9 Å². The molecule has 1 amide bonds. The number of carbonyl (C=O) groups excluding carboxylic acids is 1. The summed E-state index contributed by atoms with van der Waals surface area (Å²) in [6, 6.07) is 14.4. The Morgan fingerprint density at radius 2 is 2.00 bits per heavy atom. The Morgan fingerprint density at radius 3 is 2.83 bits per heavy atom. The van der Waals surface area contributed by atoms with E-state index in [-0.39, 0.29) is 11.6 Å². The lowest BCUT2D eigenvalue weighted by Gasteiger charge is -2.06. The van der Waals surface area contributed by atoms with Gasteiger partial charge >= 0.3 is 5.69 Å². The van der Waals surface area contributed by atoms with E-state index in [4.69, 9.17) is 11.6 Å². The zero-order chi connectivity index (χ0) is 16.2. The average Bonchev–Trinajstić information content (AvgIpc) is 2.87. The van der Waals surface area contributed by atoms with Crippen molar-refractivity contribution < 1.29 is 4.79 Å². The second-order valence-electron chi connectivity index (χ2n) is 5.22. The Hall–Kier alpha value is -2.53. The molecular formula is C17H16ClN3O2. The van der Waals surface area contributed by atoms with E-state index in [1.54, 1.807) is 28.8 Å². The molecule has 23 heavy (non-hydrogen) atoms. The van der Waals surface area contributed by atoms with Crippen molar-refractivity contribution in [2.24, 2.45) is 0 Å². The van der Waals surface area contributed by atoms with E-state index < -0.39 is 0 Å². The molecule has 5 nitrogen and oxygen atoms in total. The highest BCUT2D eigenvalue weighted by atomic mass is 35.5. The van der Waals surface area contributed by atoms with Crippen molar-refractivity contribution in [3.8, 4) is 0 Å². The van der Waals surface area contributed by atoms with Crippen LogP contribution in [0.15, 0.2) is 53.3 Å². The molecule has 0 aliphatic carbocycles. The lowest BCUT2D eigenvalue weighted by molar-refractivity contribution is 0.0953. The number of para-hydroxylation sites is 2. The number of nitrogens with one attached hydrogen (secondary N) is 2. The van der Waals surface area contributed by atoms with Gasteiger partial charge in [0.25, 0.3) is 5.91 Å². The van der Waals surface area contributed by atoms with E-state index in [9.17, 15) is 9.59 Å². The van der Waals surface area contributed by atoms with Crippen molar-refractivity contribution >= 4 is 28.5 Å². The van der Waals surface area contributed by atoms with Gasteiger partial charge in [0.2, 0.25) is 0 Å². The quantitative estimate of drug-likeness (QED) is 0.707. The van der Waals surface area contributed by atoms with Crippen LogP contribution in [-0.4, -0.2) is 22.0 Å². The smallest absolute Gasteiger partial charge is 0.326 e. The van der Waals surface area contributed by atoms with Gasteiger partial charge in [-0.15, -0.1) is 0 Å². The summed E-state index contributed by atoms with van der Waals surface area (Å²) >= 11 is 5.87. The second-order valence-corrected chi connectivity index (χ2v) is 5.66. The molecule has 1 heterocycles. The highest BCUT2D eigenvalue weighted by Gasteiger charge is 2.07. The van der Waals surface area contributed by atoms with Crippen LogP contribution < -0.4 is 11.0 Å². The first-order chi connectivity index (χ1) is 11.1. The number of aromatic amines is 1. The lowest BCUT2D eigenvalue weighted by atomic mass is 10.2. The number of nitrogens with zero attached hydrogens (tertiary/aromatic N) is 1. The van der Waals surface area contributed by atoms with E-state index >= 15 is 0 Å². The first-order valence-electron chi connectivity index (χ1n) is 7.36. The molecule has 2 N–H and O–H groups in total. The van der Waals surface area contributed by atoms with Crippen LogP contribution in [0.5, 0.6) is 0 Å². The van der Waals surface area contributed by atoms with Gasteiger partial charge in [0.05, 0.1) is 11.0 Å². The van der Waals surface area contributed by atoms with Crippen LogP contribution >= 0.6 is 11.6 Å². The molecule has 1 aromatic heterocycles. The number of benzene rings is 2. The van der Waals surface area contributed by atoms with Gasteiger partial charge in [-0.25, -0.2) is 4.79 Å². The summed E-state index contributed by atoms with van der Waals surface area (Å²) in [6.45, 7) is 1.02. The van der Waals surface area contributed by atoms with Crippen molar-refractivity contribution in [3.05, 3.63) is 69.6 Å². The van der Waals surface area contributed by atoms with Gasteiger partial charge in [-0.3, -0.25) is 9.36 Å². The Kier molecular flexibility index (Phi) is 4.48. The number of hydrogen-bond acceptors (Lipinski definition) is 2. The van der Waals surface area contributed by atoms with Crippen LogP contribution in [0, 0.1) is 0 Å². The largest absolute Gasteiger partial charge is 0.352 e. The summed E-state index contributed by atoms with van der Waals surface area (Å²) in [7, 11) is 0. The van der Waals surface area contributed by atoms with Gasteiger partial charge in [0, 0.05) is 23.7 Å². The van der Waals surface area contributed by atoms with Crippen LogP contribution in [0.2, 0.25) is 5.02 Å². The van der Waals surface area contributed by atoms with Gasteiger partial charge in [-0.1, -0.05) is 29.8 Å². The van der Waals surface area contributed by atoms with Gasteiger partial charge in [-0.2, -0.15) is 0 Å². The minimum Gasteiger partial charge on any atom is -0.352 e. The third kappa shape index (κ3) is 3.46. The molecule has 3 aromatic rings. The molecule has 2 aromatic carbocycles. The fourth-order valence-electron chi connectivity index (χ4n) is 2.50. The molecule has 0 radical (unpaired) electrons. The average molecular weight is 330 g/mol. The van der Waals surface area contributed by atoms with E-state index in [1.807, 2.05) is 24.3 Å². The Morgan fingerprint density at radius 1 is 1.17 bits per heavy atom. The Balaban J connectivity index is 1.58. The molecule has 0 atom stereocenters. The third-order valence-electron chi connectivity index (χ3n) is 3.61. The molecule has 0 spiro atoms. The highest BCUT2D eigenvalue weighted by Crippen LogP contribution is 2.11. The van der Waals surface area contributed by atoms with Gasteiger partial charge in [0.15, 0.2) is 0 Å². The maximum atomic E-state index is 12.0. The van der Waals surface area contributed by atoms with Crippen LogP contribution in [0.3, 0.4) is 0 Å². The second kappa shape index (κ2) is 6.71. The number of rotatable bonds is 5. The predicted molar refractivity (Wildman–Crippen MR) is 91.0 cm³/mol. The van der Waals surface area contributed by atoms with Crippen molar-refractivity contribution in [2.45, 2.75) is 13.0 Å². The first-order valence-corrected chi connectivity index (χ1v) is 7.74. The highest BCUT2D eigenvalue weighted by molar-refractivity contribution is 6.30. The van der Waals surface area contributed by atoms with Crippen LogP contribution in [0.25, 0.3) is 11.0 Å². The lowest BCUT2D eigenvalue weighted by Crippen LogP contribution is -2.26. The number of aromatic nitrogens is 2. The van der Waals surface area contributed by atoms with Crippen molar-refractivity contribution in [3.63, 3.8) is 0 Å². The van der Waals surface area contributed by atoms with Gasteiger partial charge in [-0.05, 0) is 36.8 Å². The summed E-state index contributed by atoms with van der Waals surface area (Å²) < 4.78 is 1.68. The van der Waals surface area contributed by atoms with E-state index in [0.717, 1.165) is 11.0 Å². The zero-order valence-corrected chi connectivity index (χ0v) is 13.1. The molecule has 3 rings (SSSR count). The number of hydrogen-bond donors (Lipinski definition) is 2. The molecule has 0 aliphatic heterocycles. The predicted octanol–water partition coefficient (Wildman–Crippen LogP) is 2.80. The van der Waals surface area contributed by atoms with Gasteiger partial charge in [0.1, 0.15) is 0 Å².